The number of carboxylic acids is 1. The second-order valence-electron chi connectivity index (χ2n) is 8.15. The van der Waals surface area contributed by atoms with Crippen molar-refractivity contribution in [3.63, 3.8) is 0 Å². The second kappa shape index (κ2) is 8.67. The first-order valence-corrected chi connectivity index (χ1v) is 11.4. The Morgan fingerprint density at radius 1 is 1.06 bits per heavy atom. The van der Waals surface area contributed by atoms with Gasteiger partial charge in [-0.1, -0.05) is 59.9 Å². The minimum atomic E-state index is -0.862. The summed E-state index contributed by atoms with van der Waals surface area (Å²) in [6.07, 6.45) is 0.841. The zero-order valence-electron chi connectivity index (χ0n) is 17.6. The van der Waals surface area contributed by atoms with E-state index in [2.05, 4.69) is 34.6 Å². The van der Waals surface area contributed by atoms with Crippen LogP contribution < -0.4 is 5.32 Å². The Labute approximate surface area is 193 Å². The van der Waals surface area contributed by atoms with E-state index < -0.39 is 12.1 Å². The number of benzene rings is 2. The number of carbonyl (C=O) groups excluding carboxylic acids is 2. The summed E-state index contributed by atoms with van der Waals surface area (Å²) in [6.45, 7) is 1.02. The number of carbonyl (C=O) groups is 3. The second-order valence-corrected chi connectivity index (χ2v) is 9.18. The summed E-state index contributed by atoms with van der Waals surface area (Å²) in [5.41, 5.74) is 4.57. The van der Waals surface area contributed by atoms with Gasteiger partial charge in [-0.3, -0.25) is 14.9 Å². The molecule has 0 bridgehead atoms. The number of aliphatic carboxylic acids is 1. The van der Waals surface area contributed by atoms with Gasteiger partial charge in [-0.15, -0.1) is 0 Å². The number of nitrogens with zero attached hydrogens (tertiary/aromatic N) is 2. The maximum absolute atomic E-state index is 12.5. The van der Waals surface area contributed by atoms with Crippen molar-refractivity contribution in [2.24, 2.45) is 5.92 Å². The number of hydrogen-bond acceptors (Lipinski definition) is 6. The molecule has 0 atom stereocenters. The molecule has 3 aromatic rings. The van der Waals surface area contributed by atoms with Crippen LogP contribution in [-0.4, -0.2) is 52.7 Å². The third kappa shape index (κ3) is 4.19. The van der Waals surface area contributed by atoms with Crippen molar-refractivity contribution in [3.8, 4) is 11.1 Å². The standard InChI is InChI=1S/C24H21N3O5S/c28-21(29)9-14-11-27(12-14)22(30)20-10-25-23(33-20)26-24(31)32-13-19-17-7-3-1-5-15(17)16-6-2-4-8-18(16)19/h1-8,10,14,19H,9,11-13H2,(H,28,29)(H,25,26,31). The minimum absolute atomic E-state index is 0.0159. The predicted octanol–water partition coefficient (Wildman–Crippen LogP) is 4.05. The molecule has 1 saturated heterocycles. The third-order valence-electron chi connectivity index (χ3n) is 5.98. The topological polar surface area (TPSA) is 109 Å². The fraction of sp³-hybridized carbons (Fsp3) is 0.250. The van der Waals surface area contributed by atoms with Crippen LogP contribution in [0.1, 0.15) is 33.1 Å². The first-order chi connectivity index (χ1) is 16.0. The van der Waals surface area contributed by atoms with Crippen LogP contribution in [-0.2, 0) is 9.53 Å². The highest BCUT2D eigenvalue weighted by atomic mass is 32.1. The number of aromatic nitrogens is 1. The molecular weight excluding hydrogens is 442 g/mol. The number of carboxylic acid groups (broad SMARTS) is 1. The molecule has 33 heavy (non-hydrogen) atoms. The molecular formula is C24H21N3O5S. The van der Waals surface area contributed by atoms with Crippen LogP contribution in [0.3, 0.4) is 0 Å². The number of anilines is 1. The Balaban J connectivity index is 1.17. The molecule has 2 amide bonds. The lowest BCUT2D eigenvalue weighted by Crippen LogP contribution is -2.50. The van der Waals surface area contributed by atoms with E-state index in [0.29, 0.717) is 18.0 Å². The molecule has 2 heterocycles. The van der Waals surface area contributed by atoms with Gasteiger partial charge in [0.25, 0.3) is 5.91 Å². The first-order valence-electron chi connectivity index (χ1n) is 10.6. The van der Waals surface area contributed by atoms with Gasteiger partial charge in [0.1, 0.15) is 11.5 Å². The zero-order valence-corrected chi connectivity index (χ0v) is 18.4. The molecule has 2 aromatic carbocycles. The molecule has 8 nitrogen and oxygen atoms in total. The third-order valence-corrected chi connectivity index (χ3v) is 6.88. The van der Waals surface area contributed by atoms with Crippen molar-refractivity contribution in [3.05, 3.63) is 70.7 Å². The lowest BCUT2D eigenvalue weighted by molar-refractivity contribution is -0.139. The van der Waals surface area contributed by atoms with E-state index in [1.807, 2.05) is 24.3 Å². The van der Waals surface area contributed by atoms with Crippen LogP contribution in [0.15, 0.2) is 54.7 Å². The summed E-state index contributed by atoms with van der Waals surface area (Å²) in [7, 11) is 0. The molecule has 0 spiro atoms. The van der Waals surface area contributed by atoms with E-state index in [1.165, 1.54) is 6.20 Å². The van der Waals surface area contributed by atoms with Crippen LogP contribution in [0.5, 0.6) is 0 Å². The van der Waals surface area contributed by atoms with Crippen molar-refractivity contribution >= 4 is 34.4 Å². The number of thiazole rings is 1. The smallest absolute Gasteiger partial charge is 0.413 e. The van der Waals surface area contributed by atoms with Gasteiger partial charge in [-0.05, 0) is 22.3 Å². The monoisotopic (exact) mass is 463 g/mol. The van der Waals surface area contributed by atoms with Gasteiger partial charge >= 0.3 is 12.1 Å². The fourth-order valence-electron chi connectivity index (χ4n) is 4.42. The van der Waals surface area contributed by atoms with Gasteiger partial charge in [0.2, 0.25) is 0 Å². The maximum atomic E-state index is 12.5. The normalized spacial score (nSPS) is 14.8. The fourth-order valence-corrected chi connectivity index (χ4v) is 5.19. The molecule has 168 valence electrons. The first kappa shape index (κ1) is 21.1. The molecule has 2 N–H and O–H groups in total. The van der Waals surface area contributed by atoms with E-state index in [0.717, 1.165) is 33.6 Å². The number of nitrogens with one attached hydrogen (secondary N) is 1. The molecule has 9 heteroatoms. The zero-order chi connectivity index (χ0) is 22.9. The van der Waals surface area contributed by atoms with Crippen molar-refractivity contribution < 1.29 is 24.2 Å². The van der Waals surface area contributed by atoms with Gasteiger partial charge in [0.15, 0.2) is 5.13 Å². The Hall–Kier alpha value is -3.72. The largest absolute Gasteiger partial charge is 0.481 e. The maximum Gasteiger partial charge on any atom is 0.413 e. The average Bonchev–Trinajstić information content (AvgIpc) is 3.37. The van der Waals surface area contributed by atoms with Crippen LogP contribution in [0.4, 0.5) is 9.93 Å². The van der Waals surface area contributed by atoms with Crippen molar-refractivity contribution in [1.29, 1.82) is 0 Å². The van der Waals surface area contributed by atoms with Crippen LogP contribution in [0.25, 0.3) is 11.1 Å². The van der Waals surface area contributed by atoms with Gasteiger partial charge in [-0.2, -0.15) is 0 Å². The van der Waals surface area contributed by atoms with E-state index in [1.54, 1.807) is 4.90 Å². The molecule has 0 saturated carbocycles. The molecule has 1 aromatic heterocycles. The summed E-state index contributed by atoms with van der Waals surface area (Å²) in [6, 6.07) is 16.2. The summed E-state index contributed by atoms with van der Waals surface area (Å²) in [5.74, 6) is -1.13. The highest BCUT2D eigenvalue weighted by Crippen LogP contribution is 2.44. The molecule has 0 radical (unpaired) electrons. The predicted molar refractivity (Wildman–Crippen MR) is 122 cm³/mol. The summed E-state index contributed by atoms with van der Waals surface area (Å²) < 4.78 is 5.51. The number of fused-ring (bicyclic) bond motifs is 3. The Morgan fingerprint density at radius 3 is 2.33 bits per heavy atom. The highest BCUT2D eigenvalue weighted by Gasteiger charge is 2.33. The van der Waals surface area contributed by atoms with Crippen LogP contribution in [0, 0.1) is 5.92 Å². The van der Waals surface area contributed by atoms with Crippen LogP contribution >= 0.6 is 11.3 Å². The van der Waals surface area contributed by atoms with Gasteiger partial charge < -0.3 is 14.7 Å². The molecule has 1 aliphatic heterocycles. The quantitative estimate of drug-likeness (QED) is 0.571. The minimum Gasteiger partial charge on any atom is -0.481 e. The lowest BCUT2D eigenvalue weighted by atomic mass is 9.96. The Bertz CT molecular complexity index is 1190. The summed E-state index contributed by atoms with van der Waals surface area (Å²) in [4.78, 5) is 41.7. The highest BCUT2D eigenvalue weighted by molar-refractivity contribution is 7.17. The summed E-state index contributed by atoms with van der Waals surface area (Å²) >= 11 is 1.07. The van der Waals surface area contributed by atoms with E-state index >= 15 is 0 Å². The molecule has 2 aliphatic rings. The molecule has 1 aliphatic carbocycles. The number of hydrogen-bond donors (Lipinski definition) is 2. The van der Waals surface area contributed by atoms with Crippen molar-refractivity contribution in [2.75, 3.05) is 25.0 Å². The Morgan fingerprint density at radius 2 is 1.70 bits per heavy atom. The number of amides is 2. The van der Waals surface area contributed by atoms with E-state index in [4.69, 9.17) is 9.84 Å². The molecule has 1 fully saturated rings. The summed E-state index contributed by atoms with van der Waals surface area (Å²) in [5, 5.41) is 11.7. The SMILES string of the molecule is O=C(O)CC1CN(C(=O)c2cnc(NC(=O)OCC3c4ccccc4-c4ccccc43)s2)C1. The van der Waals surface area contributed by atoms with Crippen molar-refractivity contribution in [1.82, 2.24) is 9.88 Å². The van der Waals surface area contributed by atoms with Crippen LogP contribution in [0.2, 0.25) is 0 Å². The number of ether oxygens (including phenoxy) is 1. The van der Waals surface area contributed by atoms with E-state index in [-0.39, 0.29) is 35.9 Å². The number of likely N-dealkylation sites (tertiary alicyclic amines) is 1. The Kier molecular flexibility index (Phi) is 5.55. The van der Waals surface area contributed by atoms with E-state index in [9.17, 15) is 14.4 Å². The van der Waals surface area contributed by atoms with Crippen molar-refractivity contribution in [2.45, 2.75) is 12.3 Å². The molecule has 5 rings (SSSR count). The lowest BCUT2D eigenvalue weighted by Gasteiger charge is -2.38. The van der Waals surface area contributed by atoms with Gasteiger partial charge in [-0.25, -0.2) is 9.78 Å². The van der Waals surface area contributed by atoms with Gasteiger partial charge in [0.05, 0.1) is 12.6 Å². The molecule has 0 unspecified atom stereocenters. The average molecular weight is 464 g/mol. The van der Waals surface area contributed by atoms with Gasteiger partial charge in [0, 0.05) is 24.9 Å². The number of rotatable bonds is 6.